The predicted molar refractivity (Wildman–Crippen MR) is 96.6 cm³/mol. The Labute approximate surface area is 152 Å². The van der Waals surface area contributed by atoms with Gasteiger partial charge in [0, 0.05) is 25.2 Å². The fraction of sp³-hybridized carbons (Fsp3) is 0.438. The van der Waals surface area contributed by atoms with Crippen molar-refractivity contribution >= 4 is 41.8 Å². The second-order valence-corrected chi connectivity index (χ2v) is 5.85. The van der Waals surface area contributed by atoms with Gasteiger partial charge in [-0.15, -0.1) is 24.8 Å². The fourth-order valence-electron chi connectivity index (χ4n) is 2.73. The minimum Gasteiger partial charge on any atom is -0.338 e. The number of piperidine rings is 1. The molecule has 0 bridgehead atoms. The van der Waals surface area contributed by atoms with Crippen LogP contribution in [0.5, 0.6) is 0 Å². The highest BCUT2D eigenvalue weighted by molar-refractivity contribution is 6.04. The summed E-state index contributed by atoms with van der Waals surface area (Å²) in [6, 6.07) is 2.71. The van der Waals surface area contributed by atoms with E-state index in [0.717, 1.165) is 24.2 Å². The van der Waals surface area contributed by atoms with Gasteiger partial charge in [-0.05, 0) is 32.8 Å². The van der Waals surface area contributed by atoms with E-state index in [-0.39, 0.29) is 42.3 Å². The number of nitrogens with two attached hydrogens (primary N) is 1. The van der Waals surface area contributed by atoms with E-state index in [1.807, 2.05) is 13.8 Å². The largest absolute Gasteiger partial charge is 0.338 e. The van der Waals surface area contributed by atoms with Gasteiger partial charge < -0.3 is 10.6 Å². The number of amides is 1. The number of carbonyl (C=O) groups excluding carboxylic acids is 1. The summed E-state index contributed by atoms with van der Waals surface area (Å²) in [5, 5.41) is 0. The monoisotopic (exact) mass is 374 g/mol. The Morgan fingerprint density at radius 2 is 1.75 bits per heavy atom. The van der Waals surface area contributed by atoms with E-state index in [0.29, 0.717) is 24.1 Å². The van der Waals surface area contributed by atoms with Gasteiger partial charge in [0.05, 0.1) is 22.5 Å². The van der Waals surface area contributed by atoms with Crippen LogP contribution in [0.2, 0.25) is 0 Å². The number of aryl methyl sites for hydroxylation is 2. The zero-order valence-corrected chi connectivity index (χ0v) is 15.2. The lowest BCUT2D eigenvalue weighted by molar-refractivity contribution is 0.0716. The molecule has 5 nitrogen and oxygen atoms in total. The van der Waals surface area contributed by atoms with Gasteiger partial charge in [-0.25, -0.2) is 14.4 Å². The number of aromatic nitrogens is 2. The van der Waals surface area contributed by atoms with Crippen molar-refractivity contribution < 1.29 is 9.18 Å². The van der Waals surface area contributed by atoms with Gasteiger partial charge in [0.1, 0.15) is 11.3 Å². The summed E-state index contributed by atoms with van der Waals surface area (Å²) < 4.78 is 13.9. The minimum absolute atomic E-state index is 0. The van der Waals surface area contributed by atoms with Crippen molar-refractivity contribution in [1.82, 2.24) is 14.9 Å². The van der Waals surface area contributed by atoms with E-state index in [1.54, 1.807) is 4.90 Å². The molecule has 0 aliphatic carbocycles. The molecule has 8 heteroatoms. The molecule has 1 aromatic carbocycles. The normalized spacial score (nSPS) is 14.9. The zero-order valence-electron chi connectivity index (χ0n) is 13.6. The van der Waals surface area contributed by atoms with Gasteiger partial charge in [0.15, 0.2) is 0 Å². The van der Waals surface area contributed by atoms with Crippen LogP contribution in [0.15, 0.2) is 12.1 Å². The first-order valence-electron chi connectivity index (χ1n) is 7.45. The first-order valence-corrected chi connectivity index (χ1v) is 7.45. The second kappa shape index (κ2) is 8.05. The Morgan fingerprint density at radius 3 is 2.38 bits per heavy atom. The molecule has 0 atom stereocenters. The van der Waals surface area contributed by atoms with Crippen molar-refractivity contribution in [3.05, 3.63) is 34.9 Å². The molecule has 132 valence electrons. The van der Waals surface area contributed by atoms with Crippen molar-refractivity contribution in [2.45, 2.75) is 32.7 Å². The van der Waals surface area contributed by atoms with Crippen molar-refractivity contribution in [2.75, 3.05) is 13.1 Å². The molecule has 2 aromatic rings. The maximum Gasteiger partial charge on any atom is 0.256 e. The summed E-state index contributed by atoms with van der Waals surface area (Å²) in [6.07, 6.45) is 1.53. The molecule has 0 saturated carbocycles. The maximum absolute atomic E-state index is 13.9. The van der Waals surface area contributed by atoms with Crippen molar-refractivity contribution in [3.8, 4) is 0 Å². The highest BCUT2D eigenvalue weighted by Crippen LogP contribution is 2.22. The number of hydrogen-bond acceptors (Lipinski definition) is 4. The SMILES string of the molecule is Cc1nc2cc(F)cc(C(=O)N3CCC(N)CC3)c2nc1C.Cl.Cl. The van der Waals surface area contributed by atoms with Gasteiger partial charge in [-0.2, -0.15) is 0 Å². The molecule has 2 heterocycles. The first-order chi connectivity index (χ1) is 10.5. The Morgan fingerprint density at radius 1 is 1.17 bits per heavy atom. The van der Waals surface area contributed by atoms with E-state index in [9.17, 15) is 9.18 Å². The van der Waals surface area contributed by atoms with Crippen LogP contribution in [0.25, 0.3) is 11.0 Å². The first kappa shape index (κ1) is 20.5. The maximum atomic E-state index is 13.9. The predicted octanol–water partition coefficient (Wildman–Crippen LogP) is 2.79. The quantitative estimate of drug-likeness (QED) is 0.832. The van der Waals surface area contributed by atoms with E-state index >= 15 is 0 Å². The van der Waals surface area contributed by atoms with Gasteiger partial charge in [0.25, 0.3) is 5.91 Å². The number of carbonyl (C=O) groups is 1. The number of fused-ring (bicyclic) bond motifs is 1. The van der Waals surface area contributed by atoms with Crippen LogP contribution in [0, 0.1) is 19.7 Å². The summed E-state index contributed by atoms with van der Waals surface area (Å²) in [5.41, 5.74) is 8.51. The lowest BCUT2D eigenvalue weighted by Gasteiger charge is -2.30. The molecule has 1 aliphatic rings. The smallest absolute Gasteiger partial charge is 0.256 e. The standard InChI is InChI=1S/C16H19FN4O.2ClH/c1-9-10(2)20-15-13(7-11(17)8-14(15)19-9)16(22)21-5-3-12(18)4-6-21;;/h7-8,12H,3-6,18H2,1-2H3;2*1H. The van der Waals surface area contributed by atoms with Crippen molar-refractivity contribution in [1.29, 1.82) is 0 Å². The lowest BCUT2D eigenvalue weighted by Crippen LogP contribution is -2.43. The number of nitrogens with zero attached hydrogens (tertiary/aromatic N) is 3. The average Bonchev–Trinajstić information content (AvgIpc) is 2.48. The molecule has 0 unspecified atom stereocenters. The minimum atomic E-state index is -0.470. The summed E-state index contributed by atoms with van der Waals surface area (Å²) in [7, 11) is 0. The molecule has 1 aromatic heterocycles. The Kier molecular flexibility index (Phi) is 6.89. The Balaban J connectivity index is 0.00000144. The van der Waals surface area contributed by atoms with E-state index in [4.69, 9.17) is 5.73 Å². The third kappa shape index (κ3) is 3.94. The zero-order chi connectivity index (χ0) is 15.9. The topological polar surface area (TPSA) is 72.1 Å². The van der Waals surface area contributed by atoms with Crippen LogP contribution in [0.3, 0.4) is 0 Å². The molecule has 1 saturated heterocycles. The van der Waals surface area contributed by atoms with Gasteiger partial charge in [-0.3, -0.25) is 4.79 Å². The van der Waals surface area contributed by atoms with Crippen LogP contribution >= 0.6 is 24.8 Å². The number of likely N-dealkylation sites (tertiary alicyclic amines) is 1. The summed E-state index contributed by atoms with van der Waals surface area (Å²) in [4.78, 5) is 23.2. The molecule has 24 heavy (non-hydrogen) atoms. The third-order valence-corrected chi connectivity index (χ3v) is 4.20. The van der Waals surface area contributed by atoms with Crippen LogP contribution in [-0.2, 0) is 0 Å². The highest BCUT2D eigenvalue weighted by atomic mass is 35.5. The second-order valence-electron chi connectivity index (χ2n) is 5.85. The van der Waals surface area contributed by atoms with Gasteiger partial charge in [0.2, 0.25) is 0 Å². The number of rotatable bonds is 1. The Hall–Kier alpha value is -1.50. The van der Waals surface area contributed by atoms with Gasteiger partial charge in [-0.1, -0.05) is 0 Å². The highest BCUT2D eigenvalue weighted by Gasteiger charge is 2.24. The number of benzene rings is 1. The number of hydrogen-bond donors (Lipinski definition) is 1. The molecule has 0 radical (unpaired) electrons. The van der Waals surface area contributed by atoms with Crippen LogP contribution in [-0.4, -0.2) is 39.9 Å². The fourth-order valence-corrected chi connectivity index (χ4v) is 2.73. The molecular weight excluding hydrogens is 354 g/mol. The average molecular weight is 375 g/mol. The van der Waals surface area contributed by atoms with Crippen LogP contribution in [0.1, 0.15) is 34.6 Å². The molecule has 1 fully saturated rings. The van der Waals surface area contributed by atoms with E-state index < -0.39 is 5.82 Å². The molecule has 3 rings (SSSR count). The summed E-state index contributed by atoms with van der Waals surface area (Å²) >= 11 is 0. The molecule has 2 N–H and O–H groups in total. The summed E-state index contributed by atoms with van der Waals surface area (Å²) in [5.74, 6) is -0.670. The van der Waals surface area contributed by atoms with E-state index in [2.05, 4.69) is 9.97 Å². The van der Waals surface area contributed by atoms with E-state index in [1.165, 1.54) is 12.1 Å². The van der Waals surface area contributed by atoms with Crippen LogP contribution in [0.4, 0.5) is 4.39 Å². The van der Waals surface area contributed by atoms with Crippen LogP contribution < -0.4 is 5.73 Å². The lowest BCUT2D eigenvalue weighted by atomic mass is 10.0. The molecule has 0 spiro atoms. The summed E-state index contributed by atoms with van der Waals surface area (Å²) in [6.45, 7) is 4.84. The Bertz CT molecular complexity index is 748. The third-order valence-electron chi connectivity index (χ3n) is 4.20. The van der Waals surface area contributed by atoms with Gasteiger partial charge >= 0.3 is 0 Å². The molecule has 1 aliphatic heterocycles. The molecule has 1 amide bonds. The van der Waals surface area contributed by atoms with Crippen molar-refractivity contribution in [2.24, 2.45) is 5.73 Å². The van der Waals surface area contributed by atoms with Crippen molar-refractivity contribution in [3.63, 3.8) is 0 Å². The molecular formula is C16H21Cl2FN4O. The number of halogens is 3.